The summed E-state index contributed by atoms with van der Waals surface area (Å²) >= 11 is 0. The first-order valence-electron chi connectivity index (χ1n) is 6.56. The summed E-state index contributed by atoms with van der Waals surface area (Å²) in [6.07, 6.45) is 5.73. The van der Waals surface area contributed by atoms with Gasteiger partial charge in [0.15, 0.2) is 0 Å². The van der Waals surface area contributed by atoms with Gasteiger partial charge in [-0.05, 0) is 25.3 Å². The lowest BCUT2D eigenvalue weighted by molar-refractivity contribution is 0.560. The molecule has 4 heteroatoms. The van der Waals surface area contributed by atoms with Crippen LogP contribution in [0.3, 0.4) is 0 Å². The molecule has 17 heavy (non-hydrogen) atoms. The van der Waals surface area contributed by atoms with E-state index in [1.54, 1.807) is 0 Å². The highest BCUT2D eigenvalue weighted by molar-refractivity contribution is 5.30. The monoisotopic (exact) mass is 234 g/mol. The zero-order valence-electron chi connectivity index (χ0n) is 10.8. The number of hydrogen-bond acceptors (Lipinski definition) is 4. The molecule has 1 fully saturated rings. The highest BCUT2D eigenvalue weighted by atomic mass is 15.2. The fourth-order valence-electron chi connectivity index (χ4n) is 2.04. The average molecular weight is 234 g/mol. The molecular formula is C13H22N4. The number of anilines is 1. The van der Waals surface area contributed by atoms with Crippen molar-refractivity contribution in [3.63, 3.8) is 0 Å². The molecule has 1 aliphatic heterocycles. The van der Waals surface area contributed by atoms with Gasteiger partial charge in [0.2, 0.25) is 5.95 Å². The van der Waals surface area contributed by atoms with Crippen molar-refractivity contribution in [2.24, 2.45) is 0 Å². The van der Waals surface area contributed by atoms with E-state index in [4.69, 9.17) is 0 Å². The minimum Gasteiger partial charge on any atom is -0.341 e. The fraction of sp³-hybridized carbons (Fsp3) is 0.692. The molecule has 1 aliphatic rings. The molecule has 1 saturated heterocycles. The van der Waals surface area contributed by atoms with Gasteiger partial charge < -0.3 is 10.2 Å². The van der Waals surface area contributed by atoms with E-state index in [0.717, 1.165) is 31.3 Å². The Morgan fingerprint density at radius 1 is 1.29 bits per heavy atom. The van der Waals surface area contributed by atoms with E-state index in [2.05, 4.69) is 34.0 Å². The molecule has 0 unspecified atom stereocenters. The molecule has 0 amide bonds. The molecule has 94 valence electrons. The number of aromatic nitrogens is 2. The third-order valence-electron chi connectivity index (χ3n) is 3.03. The van der Waals surface area contributed by atoms with Gasteiger partial charge in [-0.2, -0.15) is 0 Å². The number of nitrogens with one attached hydrogen (secondary N) is 1. The van der Waals surface area contributed by atoms with Crippen LogP contribution in [0.15, 0.2) is 12.3 Å². The smallest absolute Gasteiger partial charge is 0.225 e. The van der Waals surface area contributed by atoms with Crippen LogP contribution in [0, 0.1) is 0 Å². The molecule has 1 aromatic heterocycles. The van der Waals surface area contributed by atoms with Gasteiger partial charge in [0.25, 0.3) is 0 Å². The van der Waals surface area contributed by atoms with Crippen LogP contribution in [0.1, 0.15) is 38.8 Å². The topological polar surface area (TPSA) is 41.1 Å². The SMILES string of the molecule is CC(C)NCc1ccnc(N2CCCCC2)n1. The fourth-order valence-corrected chi connectivity index (χ4v) is 2.04. The van der Waals surface area contributed by atoms with Crippen LogP contribution < -0.4 is 10.2 Å². The van der Waals surface area contributed by atoms with Crippen molar-refractivity contribution < 1.29 is 0 Å². The van der Waals surface area contributed by atoms with Crippen LogP contribution in [0.2, 0.25) is 0 Å². The maximum Gasteiger partial charge on any atom is 0.225 e. The van der Waals surface area contributed by atoms with E-state index < -0.39 is 0 Å². The van der Waals surface area contributed by atoms with Gasteiger partial charge in [0, 0.05) is 31.9 Å². The summed E-state index contributed by atoms with van der Waals surface area (Å²) in [5.74, 6) is 0.896. The Kier molecular flexibility index (Phi) is 4.31. The van der Waals surface area contributed by atoms with Crippen LogP contribution in [-0.2, 0) is 6.54 Å². The van der Waals surface area contributed by atoms with Gasteiger partial charge in [-0.25, -0.2) is 9.97 Å². The molecule has 0 bridgehead atoms. The quantitative estimate of drug-likeness (QED) is 0.864. The highest BCUT2D eigenvalue weighted by Crippen LogP contribution is 2.15. The van der Waals surface area contributed by atoms with Crippen molar-refractivity contribution in [3.05, 3.63) is 18.0 Å². The highest BCUT2D eigenvalue weighted by Gasteiger charge is 2.13. The van der Waals surface area contributed by atoms with E-state index >= 15 is 0 Å². The molecule has 0 aliphatic carbocycles. The van der Waals surface area contributed by atoms with Crippen molar-refractivity contribution in [2.45, 2.75) is 45.7 Å². The summed E-state index contributed by atoms with van der Waals surface area (Å²) in [5, 5.41) is 3.38. The van der Waals surface area contributed by atoms with E-state index in [9.17, 15) is 0 Å². The van der Waals surface area contributed by atoms with E-state index in [1.807, 2.05) is 12.3 Å². The number of nitrogens with zero attached hydrogens (tertiary/aromatic N) is 3. The van der Waals surface area contributed by atoms with Gasteiger partial charge >= 0.3 is 0 Å². The van der Waals surface area contributed by atoms with Crippen LogP contribution in [0.25, 0.3) is 0 Å². The Balaban J connectivity index is 2.00. The molecule has 2 rings (SSSR count). The molecule has 0 aromatic carbocycles. The maximum atomic E-state index is 4.62. The summed E-state index contributed by atoms with van der Waals surface area (Å²) in [7, 11) is 0. The minimum absolute atomic E-state index is 0.489. The van der Waals surface area contributed by atoms with Gasteiger partial charge in [0.05, 0.1) is 5.69 Å². The Morgan fingerprint density at radius 2 is 2.06 bits per heavy atom. The summed E-state index contributed by atoms with van der Waals surface area (Å²) in [4.78, 5) is 11.3. The molecule has 0 atom stereocenters. The van der Waals surface area contributed by atoms with Crippen molar-refractivity contribution >= 4 is 5.95 Å². The zero-order chi connectivity index (χ0) is 12.1. The standard InChI is InChI=1S/C13H22N4/c1-11(2)15-10-12-6-7-14-13(16-12)17-8-4-3-5-9-17/h6-7,11,15H,3-5,8-10H2,1-2H3. The number of rotatable bonds is 4. The Morgan fingerprint density at radius 3 is 2.76 bits per heavy atom. The van der Waals surface area contributed by atoms with E-state index in [0.29, 0.717) is 6.04 Å². The second kappa shape index (κ2) is 5.96. The Bertz CT molecular complexity index is 345. The van der Waals surface area contributed by atoms with Crippen LogP contribution in [0.4, 0.5) is 5.95 Å². The van der Waals surface area contributed by atoms with Crippen molar-refractivity contribution in [1.82, 2.24) is 15.3 Å². The van der Waals surface area contributed by atoms with Gasteiger partial charge in [-0.1, -0.05) is 13.8 Å². The molecule has 1 N–H and O–H groups in total. The largest absolute Gasteiger partial charge is 0.341 e. The van der Waals surface area contributed by atoms with E-state index in [1.165, 1.54) is 19.3 Å². The normalized spacial score (nSPS) is 16.5. The maximum absolute atomic E-state index is 4.62. The zero-order valence-corrected chi connectivity index (χ0v) is 10.8. The predicted octanol–water partition coefficient (Wildman–Crippen LogP) is 1.96. The van der Waals surface area contributed by atoms with Crippen molar-refractivity contribution in [2.75, 3.05) is 18.0 Å². The predicted molar refractivity (Wildman–Crippen MR) is 70.1 cm³/mol. The summed E-state index contributed by atoms with van der Waals surface area (Å²) < 4.78 is 0. The van der Waals surface area contributed by atoms with Crippen molar-refractivity contribution in [3.8, 4) is 0 Å². The lowest BCUT2D eigenvalue weighted by Gasteiger charge is -2.26. The molecule has 0 radical (unpaired) electrons. The number of piperidine rings is 1. The van der Waals surface area contributed by atoms with Gasteiger partial charge in [-0.3, -0.25) is 0 Å². The molecule has 4 nitrogen and oxygen atoms in total. The van der Waals surface area contributed by atoms with Gasteiger partial charge in [-0.15, -0.1) is 0 Å². The Hall–Kier alpha value is -1.16. The third-order valence-corrected chi connectivity index (χ3v) is 3.03. The third kappa shape index (κ3) is 3.66. The first kappa shape index (κ1) is 12.3. The first-order chi connectivity index (χ1) is 8.25. The van der Waals surface area contributed by atoms with Crippen LogP contribution in [-0.4, -0.2) is 29.1 Å². The minimum atomic E-state index is 0.489. The first-order valence-corrected chi connectivity index (χ1v) is 6.56. The molecule has 0 spiro atoms. The lowest BCUT2D eigenvalue weighted by atomic mass is 10.1. The van der Waals surface area contributed by atoms with E-state index in [-0.39, 0.29) is 0 Å². The second-order valence-corrected chi connectivity index (χ2v) is 4.93. The van der Waals surface area contributed by atoms with Crippen LogP contribution in [0.5, 0.6) is 0 Å². The Labute approximate surface area is 103 Å². The molecule has 0 saturated carbocycles. The van der Waals surface area contributed by atoms with Crippen molar-refractivity contribution in [1.29, 1.82) is 0 Å². The van der Waals surface area contributed by atoms with Gasteiger partial charge in [0.1, 0.15) is 0 Å². The lowest BCUT2D eigenvalue weighted by Crippen LogP contribution is -2.31. The molecular weight excluding hydrogens is 212 g/mol. The summed E-state index contributed by atoms with van der Waals surface area (Å²) in [6.45, 7) is 7.31. The second-order valence-electron chi connectivity index (χ2n) is 4.93. The van der Waals surface area contributed by atoms with Crippen LogP contribution >= 0.6 is 0 Å². The average Bonchev–Trinajstić information content (AvgIpc) is 2.38. The summed E-state index contributed by atoms with van der Waals surface area (Å²) in [5.41, 5.74) is 1.08. The number of hydrogen-bond donors (Lipinski definition) is 1. The molecule has 2 heterocycles. The summed E-state index contributed by atoms with van der Waals surface area (Å²) in [6, 6.07) is 2.48. The molecule has 1 aromatic rings.